The third kappa shape index (κ3) is 5.29. The van der Waals surface area contributed by atoms with Crippen molar-refractivity contribution < 1.29 is 24.2 Å². The molecule has 1 unspecified atom stereocenters. The van der Waals surface area contributed by atoms with Gasteiger partial charge in [0.25, 0.3) is 11.7 Å². The van der Waals surface area contributed by atoms with Gasteiger partial charge in [0.05, 0.1) is 18.2 Å². The van der Waals surface area contributed by atoms with Gasteiger partial charge in [0.2, 0.25) is 0 Å². The van der Waals surface area contributed by atoms with Gasteiger partial charge >= 0.3 is 0 Å². The molecule has 0 saturated carbocycles. The number of carbonyl (C=O) groups is 2. The van der Waals surface area contributed by atoms with Crippen molar-refractivity contribution in [1.29, 1.82) is 0 Å². The van der Waals surface area contributed by atoms with E-state index in [4.69, 9.17) is 9.47 Å². The van der Waals surface area contributed by atoms with Crippen LogP contribution in [-0.2, 0) is 14.3 Å². The number of hydrogen-bond donors (Lipinski definition) is 1. The molecule has 0 aromatic heterocycles. The van der Waals surface area contributed by atoms with Gasteiger partial charge in [-0.15, -0.1) is 0 Å². The first-order valence-electron chi connectivity index (χ1n) is 12.5. The van der Waals surface area contributed by atoms with Crippen LogP contribution in [0.15, 0.2) is 72.3 Å². The maximum atomic E-state index is 13.3. The van der Waals surface area contributed by atoms with Gasteiger partial charge < -0.3 is 19.5 Å². The molecule has 0 radical (unpaired) electrons. The largest absolute Gasteiger partial charge is 0.507 e. The molecule has 6 heteroatoms. The molecular formula is C30H33NO5. The zero-order valence-electron chi connectivity index (χ0n) is 20.9. The van der Waals surface area contributed by atoms with Crippen molar-refractivity contribution in [2.24, 2.45) is 0 Å². The molecule has 1 atom stereocenters. The number of aliphatic hydroxyl groups excluding tert-OH is 1. The lowest BCUT2D eigenvalue weighted by Gasteiger charge is -2.26. The van der Waals surface area contributed by atoms with E-state index in [0.29, 0.717) is 37.5 Å². The van der Waals surface area contributed by atoms with Gasteiger partial charge in [0.1, 0.15) is 11.5 Å². The van der Waals surface area contributed by atoms with Crippen molar-refractivity contribution in [3.63, 3.8) is 0 Å². The van der Waals surface area contributed by atoms with Crippen LogP contribution in [0.2, 0.25) is 0 Å². The first kappa shape index (κ1) is 25.5. The Morgan fingerprint density at radius 2 is 1.67 bits per heavy atom. The Labute approximate surface area is 212 Å². The van der Waals surface area contributed by atoms with Crippen molar-refractivity contribution in [2.45, 2.75) is 38.6 Å². The molecule has 0 bridgehead atoms. The van der Waals surface area contributed by atoms with E-state index in [0.717, 1.165) is 35.6 Å². The minimum atomic E-state index is -0.696. The maximum Gasteiger partial charge on any atom is 0.295 e. The van der Waals surface area contributed by atoms with Gasteiger partial charge in [0, 0.05) is 25.8 Å². The average molecular weight is 488 g/mol. The molecule has 1 fully saturated rings. The van der Waals surface area contributed by atoms with E-state index in [1.54, 1.807) is 36.3 Å². The van der Waals surface area contributed by atoms with Crippen LogP contribution in [0, 0.1) is 0 Å². The number of benzene rings is 3. The number of ether oxygens (including phenoxy) is 2. The lowest BCUT2D eigenvalue weighted by Crippen LogP contribution is -2.31. The SMILES string of the molecule is CCCCCOc1ccc(/C(O)=C2/C(=O)C(=O)N(CCCOC)C2c2cccc3ccccc23)cc1. The standard InChI is InChI=1S/C30H33NO5/c1-3-4-7-20-36-23-16-14-22(15-17-23)28(32)26-27(31(18-9-19-35-2)30(34)29(26)33)25-13-8-11-21-10-5-6-12-24(21)25/h5-6,8,10-17,27,32H,3-4,7,9,18-20H2,1-2H3/b28-26-. The minimum absolute atomic E-state index is 0.102. The van der Waals surface area contributed by atoms with Crippen LogP contribution < -0.4 is 4.74 Å². The van der Waals surface area contributed by atoms with Crippen molar-refractivity contribution in [1.82, 2.24) is 4.90 Å². The Balaban J connectivity index is 1.75. The third-order valence-corrected chi connectivity index (χ3v) is 6.55. The zero-order valence-corrected chi connectivity index (χ0v) is 20.9. The molecule has 0 spiro atoms. The quantitative estimate of drug-likeness (QED) is 0.159. The Kier molecular flexibility index (Phi) is 8.39. The van der Waals surface area contributed by atoms with E-state index < -0.39 is 17.7 Å². The number of amides is 1. The van der Waals surface area contributed by atoms with E-state index in [1.165, 1.54) is 0 Å². The Hall–Kier alpha value is -3.64. The highest BCUT2D eigenvalue weighted by Crippen LogP contribution is 2.42. The van der Waals surface area contributed by atoms with Crippen molar-refractivity contribution in [2.75, 3.05) is 26.9 Å². The van der Waals surface area contributed by atoms with E-state index in [2.05, 4.69) is 6.92 Å². The summed E-state index contributed by atoms with van der Waals surface area (Å²) < 4.78 is 11.0. The Bertz CT molecular complexity index is 1240. The van der Waals surface area contributed by atoms with Gasteiger partial charge in [-0.3, -0.25) is 9.59 Å². The van der Waals surface area contributed by atoms with Gasteiger partial charge in [-0.1, -0.05) is 62.2 Å². The molecule has 36 heavy (non-hydrogen) atoms. The van der Waals surface area contributed by atoms with Crippen LogP contribution in [-0.4, -0.2) is 48.6 Å². The number of fused-ring (bicyclic) bond motifs is 1. The number of ketones is 1. The smallest absolute Gasteiger partial charge is 0.295 e. The second kappa shape index (κ2) is 11.9. The van der Waals surface area contributed by atoms with E-state index >= 15 is 0 Å². The number of carbonyl (C=O) groups excluding carboxylic acids is 2. The molecule has 1 heterocycles. The molecule has 1 N–H and O–H groups in total. The van der Waals surface area contributed by atoms with Crippen molar-refractivity contribution in [3.8, 4) is 5.75 Å². The van der Waals surface area contributed by atoms with Crippen LogP contribution in [0.4, 0.5) is 0 Å². The fourth-order valence-corrected chi connectivity index (χ4v) is 4.71. The summed E-state index contributed by atoms with van der Waals surface area (Å²) >= 11 is 0. The molecule has 1 amide bonds. The first-order chi connectivity index (χ1) is 17.6. The Morgan fingerprint density at radius 1 is 0.917 bits per heavy atom. The van der Waals surface area contributed by atoms with Gasteiger partial charge in [0.15, 0.2) is 0 Å². The Morgan fingerprint density at radius 3 is 2.42 bits per heavy atom. The molecule has 1 aliphatic heterocycles. The zero-order chi connectivity index (χ0) is 25.5. The average Bonchev–Trinajstić information content (AvgIpc) is 3.16. The summed E-state index contributed by atoms with van der Waals surface area (Å²) in [4.78, 5) is 28.0. The lowest BCUT2D eigenvalue weighted by atomic mass is 9.91. The van der Waals surface area contributed by atoms with E-state index in [1.807, 2.05) is 42.5 Å². The third-order valence-electron chi connectivity index (χ3n) is 6.55. The highest BCUT2D eigenvalue weighted by molar-refractivity contribution is 6.46. The second-order valence-electron chi connectivity index (χ2n) is 8.99. The minimum Gasteiger partial charge on any atom is -0.507 e. The van der Waals surface area contributed by atoms with Gasteiger partial charge in [-0.05, 0) is 53.4 Å². The monoisotopic (exact) mass is 487 g/mol. The first-order valence-corrected chi connectivity index (χ1v) is 12.5. The highest BCUT2D eigenvalue weighted by atomic mass is 16.5. The highest BCUT2D eigenvalue weighted by Gasteiger charge is 2.46. The number of Topliss-reactive ketones (excluding diaryl/α,β-unsaturated/α-hetero) is 1. The molecule has 1 saturated heterocycles. The maximum absolute atomic E-state index is 13.3. The van der Waals surface area contributed by atoms with Crippen LogP contribution in [0.3, 0.4) is 0 Å². The van der Waals surface area contributed by atoms with Gasteiger partial charge in [-0.2, -0.15) is 0 Å². The molecule has 1 aliphatic rings. The lowest BCUT2D eigenvalue weighted by molar-refractivity contribution is -0.140. The second-order valence-corrected chi connectivity index (χ2v) is 8.99. The van der Waals surface area contributed by atoms with Gasteiger partial charge in [-0.25, -0.2) is 0 Å². The predicted molar refractivity (Wildman–Crippen MR) is 141 cm³/mol. The summed E-state index contributed by atoms with van der Waals surface area (Å²) in [6, 6.07) is 20.0. The van der Waals surface area contributed by atoms with Crippen molar-refractivity contribution >= 4 is 28.2 Å². The summed E-state index contributed by atoms with van der Waals surface area (Å²) in [7, 11) is 1.60. The summed E-state index contributed by atoms with van der Waals surface area (Å²) in [5.41, 5.74) is 1.38. The number of likely N-dealkylation sites (tertiary alicyclic amines) is 1. The van der Waals surface area contributed by atoms with Crippen molar-refractivity contribution in [3.05, 3.63) is 83.4 Å². The molecule has 3 aromatic carbocycles. The fraction of sp³-hybridized carbons (Fsp3) is 0.333. The predicted octanol–water partition coefficient (Wildman–Crippen LogP) is 5.87. The molecular weight excluding hydrogens is 454 g/mol. The summed E-state index contributed by atoms with van der Waals surface area (Å²) in [6.07, 6.45) is 3.79. The van der Waals surface area contributed by atoms with E-state index in [-0.39, 0.29) is 11.3 Å². The molecule has 4 rings (SSSR count). The van der Waals surface area contributed by atoms with Crippen LogP contribution in [0.5, 0.6) is 5.75 Å². The van der Waals surface area contributed by atoms with Crippen LogP contribution >= 0.6 is 0 Å². The summed E-state index contributed by atoms with van der Waals surface area (Å²) in [5.74, 6) is -0.768. The number of rotatable bonds is 11. The summed E-state index contributed by atoms with van der Waals surface area (Å²) in [5, 5.41) is 13.3. The van der Waals surface area contributed by atoms with Crippen LogP contribution in [0.25, 0.3) is 16.5 Å². The molecule has 3 aromatic rings. The molecule has 0 aliphatic carbocycles. The molecule has 188 valence electrons. The number of aliphatic hydroxyl groups is 1. The van der Waals surface area contributed by atoms with E-state index in [9.17, 15) is 14.7 Å². The number of unbranched alkanes of at least 4 members (excludes halogenated alkanes) is 2. The molecule has 6 nitrogen and oxygen atoms in total. The number of methoxy groups -OCH3 is 1. The topological polar surface area (TPSA) is 76.1 Å². The number of nitrogens with zero attached hydrogens (tertiary/aromatic N) is 1. The summed E-state index contributed by atoms with van der Waals surface area (Å²) in [6.45, 7) is 3.58. The van der Waals surface area contributed by atoms with Crippen LogP contribution in [0.1, 0.15) is 49.8 Å². The normalized spacial score (nSPS) is 17.2. The fourth-order valence-electron chi connectivity index (χ4n) is 4.71. The number of hydrogen-bond acceptors (Lipinski definition) is 5.